The molecule has 27 heavy (non-hydrogen) atoms. The summed E-state index contributed by atoms with van der Waals surface area (Å²) in [6, 6.07) is 10.7. The van der Waals surface area contributed by atoms with Gasteiger partial charge in [-0.1, -0.05) is 25.1 Å². The van der Waals surface area contributed by atoms with E-state index in [2.05, 4.69) is 12.2 Å². The van der Waals surface area contributed by atoms with Gasteiger partial charge < -0.3 is 10.2 Å². The van der Waals surface area contributed by atoms with E-state index in [1.54, 1.807) is 30.3 Å². The second-order valence-corrected chi connectivity index (χ2v) is 6.93. The zero-order valence-corrected chi connectivity index (χ0v) is 15.2. The monoisotopic (exact) mass is 371 g/mol. The van der Waals surface area contributed by atoms with E-state index in [9.17, 15) is 19.3 Å². The second kappa shape index (κ2) is 8.16. The fraction of sp³-hybridized carbons (Fsp3) is 0.350. The Hall–Kier alpha value is -2.96. The average molecular weight is 371 g/mol. The molecule has 2 aromatic rings. The Labute approximate surface area is 157 Å². The van der Waals surface area contributed by atoms with Gasteiger partial charge in [-0.25, -0.2) is 4.39 Å². The van der Waals surface area contributed by atoms with Crippen molar-refractivity contribution in [3.8, 4) is 0 Å². The minimum absolute atomic E-state index is 0.0185. The fourth-order valence-electron chi connectivity index (χ4n) is 3.41. The summed E-state index contributed by atoms with van der Waals surface area (Å²) in [6.07, 6.45) is 2.10. The smallest absolute Gasteiger partial charge is 0.293 e. The Kier molecular flexibility index (Phi) is 5.69. The molecule has 0 saturated carbocycles. The predicted molar refractivity (Wildman–Crippen MR) is 101 cm³/mol. The van der Waals surface area contributed by atoms with Crippen molar-refractivity contribution in [3.63, 3.8) is 0 Å². The van der Waals surface area contributed by atoms with E-state index in [0.29, 0.717) is 17.2 Å². The van der Waals surface area contributed by atoms with Crippen LogP contribution in [0.15, 0.2) is 42.5 Å². The van der Waals surface area contributed by atoms with Gasteiger partial charge in [0.05, 0.1) is 4.92 Å². The highest BCUT2D eigenvalue weighted by Gasteiger charge is 2.25. The van der Waals surface area contributed by atoms with Crippen LogP contribution in [0, 0.1) is 21.8 Å². The predicted octanol–water partition coefficient (Wildman–Crippen LogP) is 3.90. The van der Waals surface area contributed by atoms with Crippen molar-refractivity contribution in [1.82, 2.24) is 5.32 Å². The topological polar surface area (TPSA) is 75.5 Å². The van der Waals surface area contributed by atoms with Crippen molar-refractivity contribution >= 4 is 17.3 Å². The van der Waals surface area contributed by atoms with Crippen molar-refractivity contribution in [2.45, 2.75) is 26.3 Å². The number of piperidine rings is 1. The lowest BCUT2D eigenvalue weighted by Crippen LogP contribution is -2.34. The number of carbonyl (C=O) groups is 1. The highest BCUT2D eigenvalue weighted by Crippen LogP contribution is 2.32. The zero-order chi connectivity index (χ0) is 19.4. The Bertz CT molecular complexity index is 856. The van der Waals surface area contributed by atoms with Crippen LogP contribution in [0.2, 0.25) is 0 Å². The molecule has 0 spiro atoms. The maximum Gasteiger partial charge on any atom is 0.293 e. The van der Waals surface area contributed by atoms with Crippen LogP contribution in [-0.2, 0) is 6.54 Å². The lowest BCUT2D eigenvalue weighted by molar-refractivity contribution is -0.384. The van der Waals surface area contributed by atoms with Gasteiger partial charge in [-0.2, -0.15) is 0 Å². The Morgan fingerprint density at radius 1 is 1.33 bits per heavy atom. The molecule has 6 nitrogen and oxygen atoms in total. The molecule has 0 aliphatic carbocycles. The van der Waals surface area contributed by atoms with E-state index in [4.69, 9.17) is 0 Å². The summed E-state index contributed by atoms with van der Waals surface area (Å²) in [4.78, 5) is 25.5. The van der Waals surface area contributed by atoms with Crippen LogP contribution in [0.1, 0.15) is 35.7 Å². The first-order valence-corrected chi connectivity index (χ1v) is 9.00. The van der Waals surface area contributed by atoms with E-state index in [0.717, 1.165) is 25.9 Å². The van der Waals surface area contributed by atoms with Gasteiger partial charge in [-0.05, 0) is 37.0 Å². The number of carbonyl (C=O) groups excluding carboxylic acids is 1. The van der Waals surface area contributed by atoms with Crippen molar-refractivity contribution in [3.05, 3.63) is 69.5 Å². The third-order valence-corrected chi connectivity index (χ3v) is 4.83. The molecule has 0 radical (unpaired) electrons. The SMILES string of the molecule is C[C@H]1CCCN(c2ccc(C(=O)NCc3ccccc3F)cc2[N+](=O)[O-])C1. The molecule has 1 aliphatic heterocycles. The molecule has 3 rings (SSSR count). The minimum Gasteiger partial charge on any atom is -0.366 e. The molecule has 1 aliphatic rings. The number of nitro groups is 1. The van der Waals surface area contributed by atoms with Crippen molar-refractivity contribution in [2.75, 3.05) is 18.0 Å². The van der Waals surface area contributed by atoms with Crippen molar-refractivity contribution < 1.29 is 14.1 Å². The zero-order valence-electron chi connectivity index (χ0n) is 15.2. The van der Waals surface area contributed by atoms with E-state index in [1.165, 1.54) is 12.1 Å². The molecule has 1 atom stereocenters. The maximum atomic E-state index is 13.7. The molecular formula is C20H22FN3O3. The van der Waals surface area contributed by atoms with Gasteiger partial charge in [0, 0.05) is 36.8 Å². The number of nitrogens with zero attached hydrogens (tertiary/aromatic N) is 2. The third kappa shape index (κ3) is 4.42. The highest BCUT2D eigenvalue weighted by molar-refractivity contribution is 5.95. The Morgan fingerprint density at radius 3 is 2.81 bits per heavy atom. The normalized spacial score (nSPS) is 16.8. The number of hydrogen-bond donors (Lipinski definition) is 1. The number of nitro benzene ring substituents is 1. The second-order valence-electron chi connectivity index (χ2n) is 6.93. The molecule has 0 bridgehead atoms. The third-order valence-electron chi connectivity index (χ3n) is 4.83. The van der Waals surface area contributed by atoms with Gasteiger partial charge in [-0.3, -0.25) is 14.9 Å². The van der Waals surface area contributed by atoms with E-state index in [-0.39, 0.29) is 17.8 Å². The maximum absolute atomic E-state index is 13.7. The van der Waals surface area contributed by atoms with Gasteiger partial charge in [0.1, 0.15) is 11.5 Å². The summed E-state index contributed by atoms with van der Waals surface area (Å²) in [6.45, 7) is 3.68. The first-order chi connectivity index (χ1) is 13.0. The summed E-state index contributed by atoms with van der Waals surface area (Å²) in [5.41, 5.74) is 1.01. The summed E-state index contributed by atoms with van der Waals surface area (Å²) in [5.74, 6) is -0.402. The van der Waals surface area contributed by atoms with Crippen LogP contribution >= 0.6 is 0 Å². The summed E-state index contributed by atoms with van der Waals surface area (Å²) < 4.78 is 13.7. The molecule has 7 heteroatoms. The first kappa shape index (κ1) is 18.8. The number of benzene rings is 2. The van der Waals surface area contributed by atoms with Crippen LogP contribution in [0.3, 0.4) is 0 Å². The molecule has 1 amide bonds. The molecule has 1 fully saturated rings. The van der Waals surface area contributed by atoms with Crippen LogP contribution in [0.4, 0.5) is 15.8 Å². The van der Waals surface area contributed by atoms with E-state index >= 15 is 0 Å². The summed E-state index contributed by atoms with van der Waals surface area (Å²) in [5, 5.41) is 14.2. The van der Waals surface area contributed by atoms with Gasteiger partial charge in [0.2, 0.25) is 0 Å². The highest BCUT2D eigenvalue weighted by atomic mass is 19.1. The average Bonchev–Trinajstić information content (AvgIpc) is 2.66. The van der Waals surface area contributed by atoms with Crippen LogP contribution < -0.4 is 10.2 Å². The molecular weight excluding hydrogens is 349 g/mol. The first-order valence-electron chi connectivity index (χ1n) is 9.00. The van der Waals surface area contributed by atoms with Crippen LogP contribution in [0.5, 0.6) is 0 Å². The molecule has 0 aromatic heterocycles. The quantitative estimate of drug-likeness (QED) is 0.639. The number of anilines is 1. The fourth-order valence-corrected chi connectivity index (χ4v) is 3.41. The van der Waals surface area contributed by atoms with Crippen molar-refractivity contribution in [2.24, 2.45) is 5.92 Å². The number of halogens is 1. The van der Waals surface area contributed by atoms with E-state index in [1.807, 2.05) is 4.90 Å². The lowest BCUT2D eigenvalue weighted by atomic mass is 9.99. The lowest BCUT2D eigenvalue weighted by Gasteiger charge is -2.32. The van der Waals surface area contributed by atoms with Crippen LogP contribution in [0.25, 0.3) is 0 Å². The van der Waals surface area contributed by atoms with Gasteiger partial charge >= 0.3 is 0 Å². The minimum atomic E-state index is -0.472. The molecule has 142 valence electrons. The molecule has 1 heterocycles. The summed E-state index contributed by atoms with van der Waals surface area (Å²) >= 11 is 0. The van der Waals surface area contributed by atoms with Gasteiger partial charge in [0.15, 0.2) is 0 Å². The largest absolute Gasteiger partial charge is 0.366 e. The Balaban J connectivity index is 1.78. The number of rotatable bonds is 5. The van der Waals surface area contributed by atoms with Crippen molar-refractivity contribution in [1.29, 1.82) is 0 Å². The van der Waals surface area contributed by atoms with E-state index < -0.39 is 16.6 Å². The van der Waals surface area contributed by atoms with Gasteiger partial charge in [0.25, 0.3) is 11.6 Å². The molecule has 2 aromatic carbocycles. The number of hydrogen-bond acceptors (Lipinski definition) is 4. The summed E-state index contributed by atoms with van der Waals surface area (Å²) in [7, 11) is 0. The molecule has 0 unspecified atom stereocenters. The Morgan fingerprint density at radius 2 is 2.11 bits per heavy atom. The standard InChI is InChI=1S/C20H22FN3O3/c1-14-5-4-10-23(13-14)18-9-8-15(11-19(18)24(26)27)20(25)22-12-16-6-2-3-7-17(16)21/h2-3,6-9,11,14H,4-5,10,12-13H2,1H3,(H,22,25)/t14-/m0/s1. The van der Waals surface area contributed by atoms with Crippen LogP contribution in [-0.4, -0.2) is 23.9 Å². The van der Waals surface area contributed by atoms with Gasteiger partial charge in [-0.15, -0.1) is 0 Å². The molecule has 1 N–H and O–H groups in total. The number of amides is 1. The number of nitrogens with one attached hydrogen (secondary N) is 1. The molecule has 1 saturated heterocycles.